The predicted octanol–water partition coefficient (Wildman–Crippen LogP) is 3.82. The van der Waals surface area contributed by atoms with Crippen molar-refractivity contribution in [2.75, 3.05) is 26.7 Å². The van der Waals surface area contributed by atoms with E-state index in [0.717, 1.165) is 37.0 Å². The molecule has 3 rings (SSSR count). The summed E-state index contributed by atoms with van der Waals surface area (Å²) < 4.78 is 7.57. The van der Waals surface area contributed by atoms with Crippen LogP contribution in [0.5, 0.6) is 0 Å². The Balaban J connectivity index is 1.60. The largest absolute Gasteiger partial charge is 0.468 e. The van der Waals surface area contributed by atoms with Crippen molar-refractivity contribution < 1.29 is 4.42 Å². The Morgan fingerprint density at radius 2 is 2.04 bits per heavy atom. The average Bonchev–Trinajstić information content (AvgIpc) is 3.30. The number of nitrogens with zero attached hydrogens (tertiary/aromatic N) is 3. The topological polar surface area (TPSA) is 57.7 Å². The van der Waals surface area contributed by atoms with Crippen molar-refractivity contribution >= 4 is 29.2 Å². The maximum atomic E-state index is 6.13. The smallest absolute Gasteiger partial charge is 0.191 e. The van der Waals surface area contributed by atoms with Gasteiger partial charge in [0.05, 0.1) is 23.9 Å². The maximum Gasteiger partial charge on any atom is 0.191 e. The summed E-state index contributed by atoms with van der Waals surface area (Å²) in [6.07, 6.45) is 5.51. The van der Waals surface area contributed by atoms with Crippen molar-refractivity contribution in [3.8, 4) is 0 Å². The van der Waals surface area contributed by atoms with Gasteiger partial charge in [-0.25, -0.2) is 0 Å². The van der Waals surface area contributed by atoms with Crippen molar-refractivity contribution in [3.05, 3.63) is 46.1 Å². The van der Waals surface area contributed by atoms with E-state index in [9.17, 15) is 0 Å². The first kappa shape index (κ1) is 20.1. The van der Waals surface area contributed by atoms with Crippen molar-refractivity contribution in [1.82, 2.24) is 20.1 Å². The highest BCUT2D eigenvalue weighted by atomic mass is 35.5. The van der Waals surface area contributed by atoms with E-state index < -0.39 is 0 Å². The Bertz CT molecular complexity index is 750. The van der Waals surface area contributed by atoms with Crippen LogP contribution in [-0.4, -0.2) is 42.1 Å². The summed E-state index contributed by atoms with van der Waals surface area (Å²) >= 11 is 12.2. The monoisotopic (exact) mass is 411 g/mol. The van der Waals surface area contributed by atoms with Crippen molar-refractivity contribution in [3.63, 3.8) is 0 Å². The highest BCUT2D eigenvalue weighted by molar-refractivity contribution is 6.41. The second-order valence-electron chi connectivity index (χ2n) is 6.77. The van der Waals surface area contributed by atoms with Gasteiger partial charge in [0.2, 0.25) is 0 Å². The van der Waals surface area contributed by atoms with E-state index in [1.54, 1.807) is 13.3 Å². The number of aromatic nitrogens is 1. The zero-order valence-electron chi connectivity index (χ0n) is 15.8. The summed E-state index contributed by atoms with van der Waals surface area (Å²) in [5, 5.41) is 7.85. The lowest BCUT2D eigenvalue weighted by atomic mass is 10.1. The molecule has 1 aliphatic heterocycles. The van der Waals surface area contributed by atoms with Crippen LogP contribution in [0.4, 0.5) is 0 Å². The Morgan fingerprint density at radius 3 is 2.63 bits per heavy atom. The summed E-state index contributed by atoms with van der Waals surface area (Å²) in [5.41, 5.74) is 0.992. The first-order valence-electron chi connectivity index (χ1n) is 9.31. The number of nitrogens with one attached hydrogen (secondary N) is 2. The van der Waals surface area contributed by atoms with Crippen molar-refractivity contribution in [2.45, 2.75) is 31.8 Å². The van der Waals surface area contributed by atoms with Crippen LogP contribution in [0.15, 0.2) is 33.9 Å². The molecule has 0 bridgehead atoms. The van der Waals surface area contributed by atoms with E-state index in [1.807, 2.05) is 29.8 Å². The minimum absolute atomic E-state index is 0.192. The Hall–Kier alpha value is -1.63. The van der Waals surface area contributed by atoms with Crippen LogP contribution in [0.2, 0.25) is 10.2 Å². The minimum Gasteiger partial charge on any atom is -0.468 e. The molecule has 3 heterocycles. The molecule has 2 aromatic rings. The minimum atomic E-state index is 0.192. The molecule has 0 aromatic carbocycles. The number of rotatable bonds is 6. The van der Waals surface area contributed by atoms with E-state index in [0.29, 0.717) is 16.7 Å². The Kier molecular flexibility index (Phi) is 7.10. The molecule has 1 unspecified atom stereocenters. The van der Waals surface area contributed by atoms with Gasteiger partial charge in [0.15, 0.2) is 5.96 Å². The molecule has 8 heteroatoms. The SMILES string of the molecule is CN=C(NCc1cc(Cl)c(Cl)n1C)NCC(c1ccco1)N1CCCCC1. The van der Waals surface area contributed by atoms with Gasteiger partial charge in [-0.15, -0.1) is 0 Å². The molecular formula is C19H27Cl2N5O. The molecule has 27 heavy (non-hydrogen) atoms. The number of furan rings is 1. The standard InChI is InChI=1S/C19H27Cl2N5O/c1-22-19(23-12-14-11-15(20)18(21)25(14)2)24-13-16(17-7-6-10-27-17)26-8-4-3-5-9-26/h6-7,10-11,16H,3-5,8-9,12-13H2,1-2H3,(H2,22,23,24). The van der Waals surface area contributed by atoms with Crippen LogP contribution >= 0.6 is 23.2 Å². The second-order valence-corrected chi connectivity index (χ2v) is 7.53. The maximum absolute atomic E-state index is 6.13. The van der Waals surface area contributed by atoms with Crippen LogP contribution in [-0.2, 0) is 13.6 Å². The van der Waals surface area contributed by atoms with E-state index >= 15 is 0 Å². The number of hydrogen-bond donors (Lipinski definition) is 2. The van der Waals surface area contributed by atoms with Gasteiger partial charge in [0, 0.05) is 26.3 Å². The van der Waals surface area contributed by atoms with Gasteiger partial charge in [-0.2, -0.15) is 0 Å². The van der Waals surface area contributed by atoms with Gasteiger partial charge in [0.1, 0.15) is 10.9 Å². The third-order valence-corrected chi connectivity index (χ3v) is 5.88. The van der Waals surface area contributed by atoms with Crippen molar-refractivity contribution in [1.29, 1.82) is 0 Å². The number of likely N-dealkylation sites (tertiary alicyclic amines) is 1. The lowest BCUT2D eigenvalue weighted by Gasteiger charge is -2.33. The van der Waals surface area contributed by atoms with Crippen LogP contribution in [0.25, 0.3) is 0 Å². The fraction of sp³-hybridized carbons (Fsp3) is 0.526. The summed E-state index contributed by atoms with van der Waals surface area (Å²) in [6, 6.07) is 6.05. The molecular weight excluding hydrogens is 385 g/mol. The molecule has 1 fully saturated rings. The van der Waals surface area contributed by atoms with Crippen LogP contribution in [0.3, 0.4) is 0 Å². The van der Waals surface area contributed by atoms with E-state index in [1.165, 1.54) is 19.3 Å². The first-order chi connectivity index (χ1) is 13.1. The van der Waals surface area contributed by atoms with Gasteiger partial charge in [0.25, 0.3) is 0 Å². The normalized spacial score (nSPS) is 17.1. The predicted molar refractivity (Wildman–Crippen MR) is 111 cm³/mol. The Morgan fingerprint density at radius 1 is 1.26 bits per heavy atom. The number of piperidine rings is 1. The van der Waals surface area contributed by atoms with Crippen LogP contribution in [0, 0.1) is 0 Å². The number of aliphatic imine (C=N–C) groups is 1. The third-order valence-electron chi connectivity index (χ3n) is 5.04. The lowest BCUT2D eigenvalue weighted by molar-refractivity contribution is 0.146. The molecule has 0 spiro atoms. The van der Waals surface area contributed by atoms with Gasteiger partial charge >= 0.3 is 0 Å². The molecule has 6 nitrogen and oxygen atoms in total. The van der Waals surface area contributed by atoms with Crippen LogP contribution in [0.1, 0.15) is 36.8 Å². The van der Waals surface area contributed by atoms with E-state index in [-0.39, 0.29) is 6.04 Å². The molecule has 1 saturated heterocycles. The van der Waals surface area contributed by atoms with Gasteiger partial charge in [-0.3, -0.25) is 9.89 Å². The zero-order valence-corrected chi connectivity index (χ0v) is 17.4. The van der Waals surface area contributed by atoms with Crippen LogP contribution < -0.4 is 10.6 Å². The zero-order chi connectivity index (χ0) is 19.2. The van der Waals surface area contributed by atoms with Gasteiger partial charge < -0.3 is 19.6 Å². The highest BCUT2D eigenvalue weighted by Gasteiger charge is 2.24. The number of hydrogen-bond acceptors (Lipinski definition) is 3. The molecule has 0 aliphatic carbocycles. The third kappa shape index (κ3) is 5.00. The molecule has 1 atom stereocenters. The molecule has 0 radical (unpaired) electrons. The van der Waals surface area contributed by atoms with E-state index in [2.05, 4.69) is 20.5 Å². The fourth-order valence-corrected chi connectivity index (χ4v) is 3.88. The quantitative estimate of drug-likeness (QED) is 0.560. The van der Waals surface area contributed by atoms with Gasteiger partial charge in [-0.1, -0.05) is 29.6 Å². The summed E-state index contributed by atoms with van der Waals surface area (Å²) in [6.45, 7) is 3.50. The van der Waals surface area contributed by atoms with E-state index in [4.69, 9.17) is 27.6 Å². The fourth-order valence-electron chi connectivity index (χ4n) is 3.47. The lowest BCUT2D eigenvalue weighted by Crippen LogP contribution is -2.44. The summed E-state index contributed by atoms with van der Waals surface area (Å²) in [7, 11) is 3.66. The summed E-state index contributed by atoms with van der Waals surface area (Å²) in [5.74, 6) is 1.72. The molecule has 0 amide bonds. The van der Waals surface area contributed by atoms with Crippen molar-refractivity contribution in [2.24, 2.45) is 12.0 Å². The van der Waals surface area contributed by atoms with Gasteiger partial charge in [-0.05, 0) is 44.1 Å². The average molecular weight is 412 g/mol. The second kappa shape index (κ2) is 9.53. The molecule has 1 aliphatic rings. The highest BCUT2D eigenvalue weighted by Crippen LogP contribution is 2.25. The molecule has 0 saturated carbocycles. The first-order valence-corrected chi connectivity index (χ1v) is 10.1. The number of halogens is 2. The number of guanidine groups is 1. The molecule has 148 valence electrons. The molecule has 2 aromatic heterocycles. The summed E-state index contributed by atoms with van der Waals surface area (Å²) in [4.78, 5) is 6.82. The molecule has 2 N–H and O–H groups in total. The Labute approximate surface area is 170 Å².